The molecule has 0 bridgehead atoms. The third-order valence-corrected chi connectivity index (χ3v) is 2.65. The van der Waals surface area contributed by atoms with Crippen LogP contribution in [0.5, 0.6) is 0 Å². The zero-order chi connectivity index (χ0) is 12.0. The summed E-state index contributed by atoms with van der Waals surface area (Å²) in [4.78, 5) is 0. The SMILES string of the molecule is CCCCC(NC(C)C)c1ccc(F)cc1. The van der Waals surface area contributed by atoms with Gasteiger partial charge in [0.2, 0.25) is 0 Å². The van der Waals surface area contributed by atoms with E-state index in [2.05, 4.69) is 26.1 Å². The lowest BCUT2D eigenvalue weighted by molar-refractivity contribution is 0.439. The molecule has 0 heterocycles. The largest absolute Gasteiger partial charge is 0.308 e. The smallest absolute Gasteiger partial charge is 0.123 e. The van der Waals surface area contributed by atoms with Gasteiger partial charge in [-0.25, -0.2) is 4.39 Å². The third-order valence-electron chi connectivity index (χ3n) is 2.65. The lowest BCUT2D eigenvalue weighted by Gasteiger charge is -2.21. The minimum atomic E-state index is -0.164. The molecule has 16 heavy (non-hydrogen) atoms. The van der Waals surface area contributed by atoms with Crippen LogP contribution in [0.3, 0.4) is 0 Å². The number of rotatable bonds is 6. The van der Waals surface area contributed by atoms with Gasteiger partial charge in [0.05, 0.1) is 0 Å². The van der Waals surface area contributed by atoms with Gasteiger partial charge in [-0.3, -0.25) is 0 Å². The molecular formula is C14H22FN. The van der Waals surface area contributed by atoms with Gasteiger partial charge in [-0.15, -0.1) is 0 Å². The van der Waals surface area contributed by atoms with Crippen LogP contribution in [0, 0.1) is 5.82 Å². The lowest BCUT2D eigenvalue weighted by atomic mass is 10.0. The highest BCUT2D eigenvalue weighted by Crippen LogP contribution is 2.20. The molecule has 1 nitrogen and oxygen atoms in total. The van der Waals surface area contributed by atoms with E-state index in [9.17, 15) is 4.39 Å². The monoisotopic (exact) mass is 223 g/mol. The second-order valence-corrected chi connectivity index (χ2v) is 4.57. The minimum Gasteiger partial charge on any atom is -0.308 e. The molecule has 1 N–H and O–H groups in total. The van der Waals surface area contributed by atoms with Gasteiger partial charge in [-0.2, -0.15) is 0 Å². The normalized spacial score (nSPS) is 13.1. The maximum absolute atomic E-state index is 12.8. The summed E-state index contributed by atoms with van der Waals surface area (Å²) in [6.45, 7) is 6.47. The van der Waals surface area contributed by atoms with E-state index in [4.69, 9.17) is 0 Å². The molecule has 0 radical (unpaired) electrons. The van der Waals surface area contributed by atoms with E-state index in [0.29, 0.717) is 12.1 Å². The number of nitrogens with one attached hydrogen (secondary N) is 1. The van der Waals surface area contributed by atoms with Gasteiger partial charge in [-0.1, -0.05) is 45.7 Å². The number of hydrogen-bond donors (Lipinski definition) is 1. The molecule has 1 rings (SSSR count). The van der Waals surface area contributed by atoms with Crippen LogP contribution in [-0.4, -0.2) is 6.04 Å². The quantitative estimate of drug-likeness (QED) is 0.767. The highest BCUT2D eigenvalue weighted by atomic mass is 19.1. The fourth-order valence-corrected chi connectivity index (χ4v) is 1.85. The first-order valence-electron chi connectivity index (χ1n) is 6.15. The molecule has 0 aliphatic rings. The Balaban J connectivity index is 2.70. The maximum Gasteiger partial charge on any atom is 0.123 e. The average molecular weight is 223 g/mol. The van der Waals surface area contributed by atoms with Crippen molar-refractivity contribution in [1.29, 1.82) is 0 Å². The molecule has 1 aromatic rings. The van der Waals surface area contributed by atoms with Crippen LogP contribution >= 0.6 is 0 Å². The Morgan fingerprint density at radius 1 is 1.19 bits per heavy atom. The number of halogens is 1. The number of benzene rings is 1. The van der Waals surface area contributed by atoms with E-state index < -0.39 is 0 Å². The molecule has 0 aromatic heterocycles. The summed E-state index contributed by atoms with van der Waals surface area (Å²) in [7, 11) is 0. The topological polar surface area (TPSA) is 12.0 Å². The predicted octanol–water partition coefficient (Wildman–Crippen LogP) is 4.06. The van der Waals surface area contributed by atoms with Gasteiger partial charge in [0, 0.05) is 12.1 Å². The van der Waals surface area contributed by atoms with Crippen molar-refractivity contribution in [3.63, 3.8) is 0 Å². The van der Waals surface area contributed by atoms with E-state index >= 15 is 0 Å². The molecular weight excluding hydrogens is 201 g/mol. The molecule has 0 spiro atoms. The fraction of sp³-hybridized carbons (Fsp3) is 0.571. The molecule has 0 aliphatic heterocycles. The first kappa shape index (κ1) is 13.2. The molecule has 2 heteroatoms. The second-order valence-electron chi connectivity index (χ2n) is 4.57. The second kappa shape index (κ2) is 6.64. The molecule has 0 saturated heterocycles. The Labute approximate surface area is 98.1 Å². The van der Waals surface area contributed by atoms with Crippen LogP contribution in [0.4, 0.5) is 4.39 Å². The minimum absolute atomic E-state index is 0.164. The Morgan fingerprint density at radius 2 is 1.81 bits per heavy atom. The molecule has 1 atom stereocenters. The van der Waals surface area contributed by atoms with E-state index in [1.165, 1.54) is 30.5 Å². The Bertz CT molecular complexity index is 292. The van der Waals surface area contributed by atoms with Crippen molar-refractivity contribution in [3.8, 4) is 0 Å². The first-order chi connectivity index (χ1) is 7.63. The van der Waals surface area contributed by atoms with Gasteiger partial charge >= 0.3 is 0 Å². The summed E-state index contributed by atoms with van der Waals surface area (Å²) in [5, 5.41) is 3.53. The van der Waals surface area contributed by atoms with Gasteiger partial charge in [0.1, 0.15) is 5.82 Å². The molecule has 0 fully saturated rings. The summed E-state index contributed by atoms with van der Waals surface area (Å²) < 4.78 is 12.8. The van der Waals surface area contributed by atoms with E-state index in [1.54, 1.807) is 0 Å². The van der Waals surface area contributed by atoms with E-state index in [1.807, 2.05) is 12.1 Å². The first-order valence-corrected chi connectivity index (χ1v) is 6.15. The molecule has 1 aromatic carbocycles. The molecule has 1 unspecified atom stereocenters. The summed E-state index contributed by atoms with van der Waals surface area (Å²) in [6, 6.07) is 7.63. The lowest BCUT2D eigenvalue weighted by Crippen LogP contribution is -2.28. The molecule has 0 amide bonds. The molecule has 0 saturated carbocycles. The van der Waals surface area contributed by atoms with E-state index in [-0.39, 0.29) is 5.82 Å². The standard InChI is InChI=1S/C14H22FN/c1-4-5-6-14(16-11(2)3)12-7-9-13(15)10-8-12/h7-11,14,16H,4-6H2,1-3H3. The van der Waals surface area contributed by atoms with Crippen molar-refractivity contribution in [1.82, 2.24) is 5.32 Å². The fourth-order valence-electron chi connectivity index (χ4n) is 1.85. The van der Waals surface area contributed by atoms with Crippen LogP contribution < -0.4 is 5.32 Å². The Kier molecular flexibility index (Phi) is 5.47. The van der Waals surface area contributed by atoms with Gasteiger partial charge < -0.3 is 5.32 Å². The number of hydrogen-bond acceptors (Lipinski definition) is 1. The maximum atomic E-state index is 12.8. The summed E-state index contributed by atoms with van der Waals surface area (Å²) >= 11 is 0. The number of unbranched alkanes of at least 4 members (excludes halogenated alkanes) is 1. The van der Waals surface area contributed by atoms with Crippen LogP contribution in [-0.2, 0) is 0 Å². The Morgan fingerprint density at radius 3 is 2.31 bits per heavy atom. The summed E-state index contributed by atoms with van der Waals surface area (Å²) in [5.74, 6) is -0.164. The highest BCUT2D eigenvalue weighted by molar-refractivity contribution is 5.20. The van der Waals surface area contributed by atoms with Crippen molar-refractivity contribution in [2.45, 2.75) is 52.1 Å². The van der Waals surface area contributed by atoms with Crippen molar-refractivity contribution in [2.75, 3.05) is 0 Å². The van der Waals surface area contributed by atoms with Crippen molar-refractivity contribution in [3.05, 3.63) is 35.6 Å². The zero-order valence-corrected chi connectivity index (χ0v) is 10.5. The zero-order valence-electron chi connectivity index (χ0n) is 10.5. The summed E-state index contributed by atoms with van der Waals surface area (Å²) in [6.07, 6.45) is 3.50. The molecule has 0 aliphatic carbocycles. The average Bonchev–Trinajstić information content (AvgIpc) is 2.25. The molecule has 90 valence electrons. The van der Waals surface area contributed by atoms with Crippen LogP contribution in [0.15, 0.2) is 24.3 Å². The van der Waals surface area contributed by atoms with Crippen molar-refractivity contribution in [2.24, 2.45) is 0 Å². The van der Waals surface area contributed by atoms with Crippen LogP contribution in [0.2, 0.25) is 0 Å². The van der Waals surface area contributed by atoms with Gasteiger partial charge in [-0.05, 0) is 24.1 Å². The van der Waals surface area contributed by atoms with Gasteiger partial charge in [0.15, 0.2) is 0 Å². The van der Waals surface area contributed by atoms with Crippen molar-refractivity contribution >= 4 is 0 Å². The Hall–Kier alpha value is -0.890. The van der Waals surface area contributed by atoms with Crippen LogP contribution in [0.25, 0.3) is 0 Å². The van der Waals surface area contributed by atoms with Crippen molar-refractivity contribution < 1.29 is 4.39 Å². The highest BCUT2D eigenvalue weighted by Gasteiger charge is 2.11. The summed E-state index contributed by atoms with van der Waals surface area (Å²) in [5.41, 5.74) is 1.18. The van der Waals surface area contributed by atoms with Crippen LogP contribution in [0.1, 0.15) is 51.6 Å². The van der Waals surface area contributed by atoms with Gasteiger partial charge in [0.25, 0.3) is 0 Å². The predicted molar refractivity (Wildman–Crippen MR) is 66.9 cm³/mol. The third kappa shape index (κ3) is 4.31. The van der Waals surface area contributed by atoms with E-state index in [0.717, 1.165) is 6.42 Å².